The first-order valence-electron chi connectivity index (χ1n) is 9.29. The summed E-state index contributed by atoms with van der Waals surface area (Å²) in [7, 11) is 0. The van der Waals surface area contributed by atoms with Gasteiger partial charge < -0.3 is 14.6 Å². The predicted molar refractivity (Wildman–Crippen MR) is 103 cm³/mol. The van der Waals surface area contributed by atoms with Crippen molar-refractivity contribution < 1.29 is 24.2 Å². The Hall–Kier alpha value is -2.82. The fraction of sp³-hybridized carbons (Fsp3) is 0.364. The molecule has 2 aromatic carbocycles. The monoisotopic (exact) mass is 370 g/mol. The summed E-state index contributed by atoms with van der Waals surface area (Å²) < 4.78 is 10.6. The third-order valence-electron chi connectivity index (χ3n) is 4.29. The van der Waals surface area contributed by atoms with E-state index in [-0.39, 0.29) is 17.6 Å². The molecule has 1 unspecified atom stereocenters. The van der Waals surface area contributed by atoms with Gasteiger partial charge in [0.15, 0.2) is 0 Å². The van der Waals surface area contributed by atoms with E-state index in [2.05, 4.69) is 6.92 Å². The average molecular weight is 370 g/mol. The molecule has 0 amide bonds. The molecule has 0 bridgehead atoms. The molecule has 27 heavy (non-hydrogen) atoms. The average Bonchev–Trinajstić information content (AvgIpc) is 2.68. The summed E-state index contributed by atoms with van der Waals surface area (Å²) in [6.07, 6.45) is 4.25. The molecule has 2 aromatic rings. The molecule has 0 radical (unpaired) electrons. The van der Waals surface area contributed by atoms with Crippen molar-refractivity contribution in [2.24, 2.45) is 0 Å². The van der Waals surface area contributed by atoms with Crippen LogP contribution in [0, 0.1) is 0 Å². The first kappa shape index (κ1) is 20.5. The fourth-order valence-corrected chi connectivity index (χ4v) is 2.55. The van der Waals surface area contributed by atoms with Crippen LogP contribution in [0.25, 0.3) is 0 Å². The van der Waals surface area contributed by atoms with Gasteiger partial charge in [-0.2, -0.15) is 0 Å². The Bertz CT molecular complexity index is 734. The summed E-state index contributed by atoms with van der Waals surface area (Å²) in [5.74, 6) is -0.667. The van der Waals surface area contributed by atoms with Gasteiger partial charge in [0, 0.05) is 0 Å². The van der Waals surface area contributed by atoms with Crippen molar-refractivity contribution in [2.45, 2.75) is 45.4 Å². The van der Waals surface area contributed by atoms with E-state index in [0.717, 1.165) is 31.2 Å². The van der Waals surface area contributed by atoms with E-state index < -0.39 is 5.97 Å². The van der Waals surface area contributed by atoms with E-state index in [0.29, 0.717) is 17.9 Å². The van der Waals surface area contributed by atoms with Crippen LogP contribution in [0.2, 0.25) is 0 Å². The Kier molecular flexibility index (Phi) is 7.86. The van der Waals surface area contributed by atoms with Crippen LogP contribution in [-0.4, -0.2) is 23.7 Å². The molecule has 0 saturated heterocycles. The molecule has 144 valence electrons. The fourth-order valence-electron chi connectivity index (χ4n) is 2.55. The quantitative estimate of drug-likeness (QED) is 0.388. The lowest BCUT2D eigenvalue weighted by Gasteiger charge is -2.12. The molecule has 0 heterocycles. The maximum absolute atomic E-state index is 12.1. The molecule has 1 atom stereocenters. The normalized spacial score (nSPS) is 11.6. The maximum atomic E-state index is 12.1. The van der Waals surface area contributed by atoms with Crippen LogP contribution in [0.15, 0.2) is 48.5 Å². The zero-order chi connectivity index (χ0) is 19.6. The lowest BCUT2D eigenvalue weighted by atomic mass is 10.0. The first-order valence-corrected chi connectivity index (χ1v) is 9.29. The van der Waals surface area contributed by atoms with Crippen molar-refractivity contribution in [3.05, 3.63) is 59.7 Å². The summed E-state index contributed by atoms with van der Waals surface area (Å²) >= 11 is 0. The van der Waals surface area contributed by atoms with Crippen LogP contribution in [0.3, 0.4) is 0 Å². The van der Waals surface area contributed by atoms with E-state index in [9.17, 15) is 14.7 Å². The highest BCUT2D eigenvalue weighted by Gasteiger charge is 2.17. The molecule has 2 rings (SSSR count). The van der Waals surface area contributed by atoms with Gasteiger partial charge in [0.05, 0.1) is 18.1 Å². The van der Waals surface area contributed by atoms with Gasteiger partial charge in [0.2, 0.25) is 0 Å². The van der Waals surface area contributed by atoms with Gasteiger partial charge in [-0.1, -0.05) is 38.3 Å². The van der Waals surface area contributed by atoms with Gasteiger partial charge in [-0.05, 0) is 55.3 Å². The van der Waals surface area contributed by atoms with Gasteiger partial charge in [-0.25, -0.2) is 4.79 Å². The largest absolute Gasteiger partial charge is 0.508 e. The Balaban J connectivity index is 1.87. The molecular weight excluding hydrogens is 344 g/mol. The lowest BCUT2D eigenvalue weighted by molar-refractivity contribution is -0.145. The summed E-state index contributed by atoms with van der Waals surface area (Å²) in [5.41, 5.74) is 1.15. The number of rotatable bonds is 9. The molecule has 1 N–H and O–H groups in total. The van der Waals surface area contributed by atoms with Crippen molar-refractivity contribution in [3.8, 4) is 11.5 Å². The van der Waals surface area contributed by atoms with Crippen LogP contribution in [0.5, 0.6) is 11.5 Å². The SMILES string of the molecule is CCCCCCOC(=O)C(C)c1ccc(OC(=O)c2ccc(O)cc2)cc1. The molecule has 5 heteroatoms. The van der Waals surface area contributed by atoms with Crippen molar-refractivity contribution in [2.75, 3.05) is 6.61 Å². The molecule has 0 aromatic heterocycles. The number of phenolic OH excluding ortho intramolecular Hbond substituents is 1. The smallest absolute Gasteiger partial charge is 0.343 e. The molecule has 5 nitrogen and oxygen atoms in total. The number of ether oxygens (including phenoxy) is 2. The Morgan fingerprint density at radius 3 is 2.26 bits per heavy atom. The van der Waals surface area contributed by atoms with E-state index in [1.807, 2.05) is 0 Å². The Morgan fingerprint density at radius 2 is 1.63 bits per heavy atom. The highest BCUT2D eigenvalue weighted by molar-refractivity contribution is 5.91. The van der Waals surface area contributed by atoms with Gasteiger partial charge >= 0.3 is 11.9 Å². The maximum Gasteiger partial charge on any atom is 0.343 e. The summed E-state index contributed by atoms with van der Waals surface area (Å²) in [6.45, 7) is 4.39. The minimum atomic E-state index is -0.512. The Labute approximate surface area is 159 Å². The number of carbonyl (C=O) groups is 2. The van der Waals surface area contributed by atoms with Crippen molar-refractivity contribution in [3.63, 3.8) is 0 Å². The van der Waals surface area contributed by atoms with Crippen LogP contribution in [0.4, 0.5) is 0 Å². The summed E-state index contributed by atoms with van der Waals surface area (Å²) in [4.78, 5) is 24.2. The minimum absolute atomic E-state index is 0.0853. The molecular formula is C22H26O5. The molecule has 0 saturated carbocycles. The van der Waals surface area contributed by atoms with Crippen LogP contribution in [0.1, 0.15) is 61.4 Å². The van der Waals surface area contributed by atoms with Crippen molar-refractivity contribution in [1.29, 1.82) is 0 Å². The number of unbranched alkanes of at least 4 members (excludes halogenated alkanes) is 3. The van der Waals surface area contributed by atoms with Crippen LogP contribution < -0.4 is 4.74 Å². The van der Waals surface area contributed by atoms with E-state index in [1.165, 1.54) is 24.3 Å². The highest BCUT2D eigenvalue weighted by Crippen LogP contribution is 2.22. The van der Waals surface area contributed by atoms with Crippen LogP contribution in [-0.2, 0) is 9.53 Å². The molecule has 0 spiro atoms. The zero-order valence-electron chi connectivity index (χ0n) is 15.8. The zero-order valence-corrected chi connectivity index (χ0v) is 15.8. The van der Waals surface area contributed by atoms with E-state index in [1.54, 1.807) is 31.2 Å². The second-order valence-electron chi connectivity index (χ2n) is 6.46. The summed E-state index contributed by atoms with van der Waals surface area (Å²) in [6, 6.07) is 12.6. The number of phenols is 1. The van der Waals surface area contributed by atoms with Gasteiger partial charge in [-0.15, -0.1) is 0 Å². The van der Waals surface area contributed by atoms with E-state index in [4.69, 9.17) is 9.47 Å². The Morgan fingerprint density at radius 1 is 0.963 bits per heavy atom. The standard InChI is InChI=1S/C22H26O5/c1-3-4-5-6-15-26-21(24)16(2)17-9-13-20(14-10-17)27-22(25)18-7-11-19(23)12-8-18/h7-14,16,23H,3-6,15H2,1-2H3. The minimum Gasteiger partial charge on any atom is -0.508 e. The number of aromatic hydroxyl groups is 1. The lowest BCUT2D eigenvalue weighted by Crippen LogP contribution is -2.14. The third-order valence-corrected chi connectivity index (χ3v) is 4.29. The molecule has 0 aliphatic carbocycles. The van der Waals surface area contributed by atoms with Gasteiger partial charge in [-0.3, -0.25) is 4.79 Å². The number of hydrogen-bond donors (Lipinski definition) is 1. The number of esters is 2. The number of carbonyl (C=O) groups excluding carboxylic acids is 2. The second-order valence-corrected chi connectivity index (χ2v) is 6.46. The first-order chi connectivity index (χ1) is 13.0. The van der Waals surface area contributed by atoms with Crippen molar-refractivity contribution in [1.82, 2.24) is 0 Å². The third kappa shape index (κ3) is 6.44. The topological polar surface area (TPSA) is 72.8 Å². The molecule has 0 fully saturated rings. The molecule has 0 aliphatic heterocycles. The number of benzene rings is 2. The summed E-state index contributed by atoms with van der Waals surface area (Å²) in [5, 5.41) is 9.26. The predicted octanol–water partition coefficient (Wildman–Crippen LogP) is 4.84. The van der Waals surface area contributed by atoms with Gasteiger partial charge in [0.25, 0.3) is 0 Å². The van der Waals surface area contributed by atoms with Crippen LogP contribution >= 0.6 is 0 Å². The van der Waals surface area contributed by atoms with Gasteiger partial charge in [0.1, 0.15) is 11.5 Å². The van der Waals surface area contributed by atoms with Crippen molar-refractivity contribution >= 4 is 11.9 Å². The van der Waals surface area contributed by atoms with E-state index >= 15 is 0 Å². The number of hydrogen-bond acceptors (Lipinski definition) is 5. The molecule has 0 aliphatic rings. The highest BCUT2D eigenvalue weighted by atomic mass is 16.5. The second kappa shape index (κ2) is 10.4.